The van der Waals surface area contributed by atoms with Crippen LogP contribution in [0.3, 0.4) is 0 Å². The molecule has 8 nitrogen and oxygen atoms in total. The molecule has 2 rings (SSSR count). The molecule has 1 heterocycles. The van der Waals surface area contributed by atoms with Crippen LogP contribution in [0.1, 0.15) is 11.4 Å². The van der Waals surface area contributed by atoms with E-state index < -0.39 is 26.7 Å². The number of aryl methyl sites for hydroxylation is 2. The summed E-state index contributed by atoms with van der Waals surface area (Å²) >= 11 is 0. The lowest BCUT2D eigenvalue weighted by Crippen LogP contribution is -2.35. The number of hydrogen-bond acceptors (Lipinski definition) is 6. The van der Waals surface area contributed by atoms with E-state index in [4.69, 9.17) is 0 Å². The summed E-state index contributed by atoms with van der Waals surface area (Å²) in [5, 5.41) is 11.8. The first kappa shape index (κ1) is 15.7. The molecule has 0 saturated heterocycles. The van der Waals surface area contributed by atoms with Crippen molar-refractivity contribution >= 4 is 22.0 Å². The maximum atomic E-state index is 12.0. The standard InChI is InChI=1S/C13H14N4O4S/c1-8-7-9(2)15-12(14-8)16-13(19)17-22(20,21)11-6-4-3-5-10(11)18/h3-7,18H,1-2H3,(H2,14,15,16,17,19). The van der Waals surface area contributed by atoms with Crippen molar-refractivity contribution in [3.8, 4) is 5.75 Å². The fourth-order valence-corrected chi connectivity index (χ4v) is 2.78. The number of nitrogens with zero attached hydrogens (tertiary/aromatic N) is 2. The Bertz CT molecular complexity index is 800. The van der Waals surface area contributed by atoms with Crippen LogP contribution >= 0.6 is 0 Å². The molecule has 2 amide bonds. The van der Waals surface area contributed by atoms with Crippen LogP contribution in [0, 0.1) is 13.8 Å². The van der Waals surface area contributed by atoms with Gasteiger partial charge in [0.25, 0.3) is 10.0 Å². The highest BCUT2D eigenvalue weighted by molar-refractivity contribution is 7.90. The molecule has 22 heavy (non-hydrogen) atoms. The second kappa shape index (κ2) is 5.98. The average molecular weight is 322 g/mol. The lowest BCUT2D eigenvalue weighted by atomic mass is 10.3. The average Bonchev–Trinajstić information content (AvgIpc) is 2.36. The number of sulfonamides is 1. The number of carbonyl (C=O) groups is 1. The number of nitrogens with one attached hydrogen (secondary N) is 2. The van der Waals surface area contributed by atoms with Gasteiger partial charge in [-0.05, 0) is 32.0 Å². The van der Waals surface area contributed by atoms with Gasteiger partial charge in [0.15, 0.2) is 0 Å². The van der Waals surface area contributed by atoms with Crippen LogP contribution in [-0.2, 0) is 10.0 Å². The SMILES string of the molecule is Cc1cc(C)nc(NC(=O)NS(=O)(=O)c2ccccc2O)n1. The zero-order valence-electron chi connectivity index (χ0n) is 11.9. The monoisotopic (exact) mass is 322 g/mol. The van der Waals surface area contributed by atoms with Crippen molar-refractivity contribution in [1.29, 1.82) is 0 Å². The Balaban J connectivity index is 2.16. The van der Waals surface area contributed by atoms with Gasteiger partial charge >= 0.3 is 6.03 Å². The molecule has 9 heteroatoms. The van der Waals surface area contributed by atoms with Crippen molar-refractivity contribution in [3.63, 3.8) is 0 Å². The number of phenolic OH excluding ortho intramolecular Hbond substituents is 1. The zero-order chi connectivity index (χ0) is 16.3. The normalized spacial score (nSPS) is 11.0. The number of para-hydroxylation sites is 1. The number of benzene rings is 1. The van der Waals surface area contributed by atoms with Gasteiger partial charge in [0.1, 0.15) is 10.6 Å². The summed E-state index contributed by atoms with van der Waals surface area (Å²) in [4.78, 5) is 19.3. The van der Waals surface area contributed by atoms with E-state index in [1.165, 1.54) is 24.3 Å². The molecule has 0 aliphatic heterocycles. The fourth-order valence-electron chi connectivity index (χ4n) is 1.77. The third kappa shape index (κ3) is 3.70. The Morgan fingerprint density at radius 3 is 2.32 bits per heavy atom. The number of anilines is 1. The molecule has 0 aliphatic rings. The third-order valence-corrected chi connectivity index (χ3v) is 3.97. The van der Waals surface area contributed by atoms with Crippen molar-refractivity contribution in [1.82, 2.24) is 14.7 Å². The molecule has 1 aromatic heterocycles. The summed E-state index contributed by atoms with van der Waals surface area (Å²) in [5.74, 6) is -0.465. The van der Waals surface area contributed by atoms with E-state index in [0.29, 0.717) is 11.4 Å². The van der Waals surface area contributed by atoms with E-state index >= 15 is 0 Å². The van der Waals surface area contributed by atoms with Gasteiger partial charge < -0.3 is 5.11 Å². The van der Waals surface area contributed by atoms with Crippen molar-refractivity contribution in [2.45, 2.75) is 18.7 Å². The van der Waals surface area contributed by atoms with Gasteiger partial charge in [-0.3, -0.25) is 5.32 Å². The molecular weight excluding hydrogens is 308 g/mol. The Morgan fingerprint density at radius 2 is 1.73 bits per heavy atom. The first-order chi connectivity index (χ1) is 10.3. The predicted molar refractivity (Wildman–Crippen MR) is 79.0 cm³/mol. The van der Waals surface area contributed by atoms with Crippen LogP contribution in [0.25, 0.3) is 0 Å². The van der Waals surface area contributed by atoms with Crippen LogP contribution in [0.4, 0.5) is 10.7 Å². The molecule has 0 spiro atoms. The summed E-state index contributed by atoms with van der Waals surface area (Å²) < 4.78 is 25.8. The molecular formula is C13H14N4O4S. The first-order valence-electron chi connectivity index (χ1n) is 6.22. The molecule has 2 aromatic rings. The maximum Gasteiger partial charge on any atom is 0.335 e. The molecule has 116 valence electrons. The molecule has 1 aromatic carbocycles. The number of phenols is 1. The van der Waals surface area contributed by atoms with Gasteiger partial charge in [0, 0.05) is 11.4 Å². The summed E-state index contributed by atoms with van der Waals surface area (Å²) in [6, 6.07) is 5.98. The summed E-state index contributed by atoms with van der Waals surface area (Å²) in [6.45, 7) is 3.44. The van der Waals surface area contributed by atoms with Gasteiger partial charge in [-0.25, -0.2) is 27.9 Å². The lowest BCUT2D eigenvalue weighted by Gasteiger charge is -2.09. The van der Waals surface area contributed by atoms with Gasteiger partial charge in [-0.1, -0.05) is 12.1 Å². The Morgan fingerprint density at radius 1 is 1.14 bits per heavy atom. The van der Waals surface area contributed by atoms with Crippen LogP contribution < -0.4 is 10.0 Å². The van der Waals surface area contributed by atoms with E-state index in [0.717, 1.165) is 0 Å². The molecule has 0 atom stereocenters. The highest BCUT2D eigenvalue weighted by Gasteiger charge is 2.21. The van der Waals surface area contributed by atoms with Gasteiger partial charge in [-0.15, -0.1) is 0 Å². The van der Waals surface area contributed by atoms with Crippen LogP contribution in [0.15, 0.2) is 35.2 Å². The van der Waals surface area contributed by atoms with E-state index in [9.17, 15) is 18.3 Å². The number of aromatic nitrogens is 2. The topological polar surface area (TPSA) is 121 Å². The molecule has 0 aliphatic carbocycles. The molecule has 0 bridgehead atoms. The van der Waals surface area contributed by atoms with Crippen LogP contribution in [0.2, 0.25) is 0 Å². The Hall–Kier alpha value is -2.68. The smallest absolute Gasteiger partial charge is 0.335 e. The maximum absolute atomic E-state index is 12.0. The summed E-state index contributed by atoms with van der Waals surface area (Å²) in [5.41, 5.74) is 1.26. The lowest BCUT2D eigenvalue weighted by molar-refractivity contribution is 0.256. The third-order valence-electron chi connectivity index (χ3n) is 2.59. The van der Waals surface area contributed by atoms with Gasteiger partial charge in [0.2, 0.25) is 5.95 Å². The Kier molecular flexibility index (Phi) is 4.27. The quantitative estimate of drug-likeness (QED) is 0.783. The minimum absolute atomic E-state index is 0.0116. The van der Waals surface area contributed by atoms with E-state index in [2.05, 4.69) is 15.3 Å². The second-order valence-electron chi connectivity index (χ2n) is 4.50. The van der Waals surface area contributed by atoms with E-state index in [-0.39, 0.29) is 5.95 Å². The molecule has 3 N–H and O–H groups in total. The van der Waals surface area contributed by atoms with Crippen molar-refractivity contribution in [2.75, 3.05) is 5.32 Å². The number of rotatable bonds is 3. The van der Waals surface area contributed by atoms with Crippen molar-refractivity contribution < 1.29 is 18.3 Å². The first-order valence-corrected chi connectivity index (χ1v) is 7.70. The number of hydrogen-bond donors (Lipinski definition) is 3. The predicted octanol–water partition coefficient (Wildman–Crippen LogP) is 1.31. The second-order valence-corrected chi connectivity index (χ2v) is 6.15. The minimum Gasteiger partial charge on any atom is -0.507 e. The number of aromatic hydroxyl groups is 1. The van der Waals surface area contributed by atoms with E-state index in [1.54, 1.807) is 24.6 Å². The molecule has 0 saturated carbocycles. The van der Waals surface area contributed by atoms with Crippen molar-refractivity contribution in [2.24, 2.45) is 0 Å². The minimum atomic E-state index is -4.20. The number of carbonyl (C=O) groups excluding carboxylic acids is 1. The molecule has 0 radical (unpaired) electrons. The van der Waals surface area contributed by atoms with Gasteiger partial charge in [0.05, 0.1) is 0 Å². The van der Waals surface area contributed by atoms with Crippen LogP contribution in [-0.4, -0.2) is 29.5 Å². The largest absolute Gasteiger partial charge is 0.507 e. The highest BCUT2D eigenvalue weighted by Crippen LogP contribution is 2.20. The highest BCUT2D eigenvalue weighted by atomic mass is 32.2. The Labute approximate surface area is 127 Å². The van der Waals surface area contributed by atoms with E-state index in [1.807, 2.05) is 0 Å². The van der Waals surface area contributed by atoms with Crippen molar-refractivity contribution in [3.05, 3.63) is 41.7 Å². The zero-order valence-corrected chi connectivity index (χ0v) is 12.7. The summed E-state index contributed by atoms with van der Waals surface area (Å²) in [7, 11) is -4.20. The fraction of sp³-hybridized carbons (Fsp3) is 0.154. The number of amides is 2. The number of urea groups is 1. The summed E-state index contributed by atoms with van der Waals surface area (Å²) in [6.07, 6.45) is 0. The molecule has 0 fully saturated rings. The van der Waals surface area contributed by atoms with Crippen LogP contribution in [0.5, 0.6) is 5.75 Å². The molecule has 0 unspecified atom stereocenters. The van der Waals surface area contributed by atoms with Gasteiger partial charge in [-0.2, -0.15) is 0 Å².